The van der Waals surface area contributed by atoms with Crippen LogP contribution in [0.1, 0.15) is 31.2 Å². The standard InChI is InChI=1S/C17H26ClNO2/c1-3-4-5-6-7-11-21-17-9-8-16(18)13-15(17)14-19-10-12-20-2/h3,8-9,13,19H,1,4-7,10-12,14H2,2H3. The minimum atomic E-state index is 0.695. The summed E-state index contributed by atoms with van der Waals surface area (Å²) in [6.45, 7) is 6.70. The monoisotopic (exact) mass is 311 g/mol. The molecule has 0 aromatic heterocycles. The van der Waals surface area contributed by atoms with Crippen LogP contribution in [-0.4, -0.2) is 26.9 Å². The van der Waals surface area contributed by atoms with Crippen LogP contribution in [0.3, 0.4) is 0 Å². The minimum Gasteiger partial charge on any atom is -0.493 e. The third-order valence-corrected chi connectivity index (χ3v) is 3.37. The van der Waals surface area contributed by atoms with Crippen LogP contribution in [0.15, 0.2) is 30.9 Å². The van der Waals surface area contributed by atoms with Gasteiger partial charge in [-0.2, -0.15) is 0 Å². The largest absolute Gasteiger partial charge is 0.493 e. The Morgan fingerprint density at radius 3 is 2.86 bits per heavy atom. The van der Waals surface area contributed by atoms with E-state index < -0.39 is 0 Å². The lowest BCUT2D eigenvalue weighted by molar-refractivity contribution is 0.199. The summed E-state index contributed by atoms with van der Waals surface area (Å²) in [7, 11) is 1.70. The van der Waals surface area contributed by atoms with Crippen LogP contribution in [0.2, 0.25) is 5.02 Å². The molecule has 0 heterocycles. The summed E-state index contributed by atoms with van der Waals surface area (Å²) < 4.78 is 10.9. The molecule has 0 aliphatic carbocycles. The maximum atomic E-state index is 6.06. The Labute approximate surface area is 133 Å². The molecule has 0 saturated carbocycles. The van der Waals surface area contributed by atoms with Crippen molar-refractivity contribution >= 4 is 11.6 Å². The van der Waals surface area contributed by atoms with E-state index in [1.165, 1.54) is 12.8 Å². The molecule has 0 spiro atoms. The predicted molar refractivity (Wildman–Crippen MR) is 89.2 cm³/mol. The van der Waals surface area contributed by atoms with Crippen molar-refractivity contribution in [3.05, 3.63) is 41.4 Å². The second kappa shape index (κ2) is 11.6. The van der Waals surface area contributed by atoms with Gasteiger partial charge in [-0.15, -0.1) is 6.58 Å². The van der Waals surface area contributed by atoms with Crippen molar-refractivity contribution in [2.24, 2.45) is 0 Å². The van der Waals surface area contributed by atoms with Gasteiger partial charge in [-0.3, -0.25) is 0 Å². The normalized spacial score (nSPS) is 10.6. The highest BCUT2D eigenvalue weighted by Crippen LogP contribution is 2.23. The quantitative estimate of drug-likeness (QED) is 0.463. The molecule has 0 amide bonds. The summed E-state index contributed by atoms with van der Waals surface area (Å²) in [6, 6.07) is 5.76. The minimum absolute atomic E-state index is 0.695. The number of rotatable bonds is 12. The van der Waals surface area contributed by atoms with Crippen molar-refractivity contribution in [1.29, 1.82) is 0 Å². The van der Waals surface area contributed by atoms with Gasteiger partial charge in [-0.1, -0.05) is 17.7 Å². The maximum Gasteiger partial charge on any atom is 0.123 e. The van der Waals surface area contributed by atoms with Crippen molar-refractivity contribution in [3.63, 3.8) is 0 Å². The SMILES string of the molecule is C=CCCCCCOc1ccc(Cl)cc1CNCCOC. The van der Waals surface area contributed by atoms with Crippen molar-refractivity contribution in [2.45, 2.75) is 32.2 Å². The van der Waals surface area contributed by atoms with Gasteiger partial charge in [0.15, 0.2) is 0 Å². The lowest BCUT2D eigenvalue weighted by Gasteiger charge is -2.12. The van der Waals surface area contributed by atoms with Crippen molar-refractivity contribution in [2.75, 3.05) is 26.9 Å². The zero-order valence-corrected chi connectivity index (χ0v) is 13.6. The van der Waals surface area contributed by atoms with Gasteiger partial charge in [0.05, 0.1) is 13.2 Å². The van der Waals surface area contributed by atoms with Gasteiger partial charge < -0.3 is 14.8 Å². The molecule has 118 valence electrons. The van der Waals surface area contributed by atoms with Crippen molar-refractivity contribution in [1.82, 2.24) is 5.32 Å². The molecule has 0 atom stereocenters. The Morgan fingerprint density at radius 1 is 1.24 bits per heavy atom. The average Bonchev–Trinajstić information content (AvgIpc) is 2.49. The van der Waals surface area contributed by atoms with E-state index in [9.17, 15) is 0 Å². The molecule has 0 bridgehead atoms. The summed E-state index contributed by atoms with van der Waals surface area (Å²) >= 11 is 6.06. The van der Waals surface area contributed by atoms with Crippen LogP contribution in [0, 0.1) is 0 Å². The third-order valence-electron chi connectivity index (χ3n) is 3.13. The van der Waals surface area contributed by atoms with Crippen LogP contribution >= 0.6 is 11.6 Å². The molecule has 0 aliphatic heterocycles. The fourth-order valence-electron chi connectivity index (χ4n) is 1.97. The van der Waals surface area contributed by atoms with E-state index in [4.69, 9.17) is 21.1 Å². The smallest absolute Gasteiger partial charge is 0.123 e. The highest BCUT2D eigenvalue weighted by molar-refractivity contribution is 6.30. The molecule has 0 radical (unpaired) electrons. The van der Waals surface area contributed by atoms with Gasteiger partial charge in [0.1, 0.15) is 5.75 Å². The molecule has 0 aliphatic rings. The first-order valence-corrected chi connectivity index (χ1v) is 7.87. The van der Waals surface area contributed by atoms with Crippen molar-refractivity contribution in [3.8, 4) is 5.75 Å². The van der Waals surface area contributed by atoms with Gasteiger partial charge in [-0.05, 0) is 43.9 Å². The molecule has 3 nitrogen and oxygen atoms in total. The van der Waals surface area contributed by atoms with Crippen molar-refractivity contribution < 1.29 is 9.47 Å². The first-order chi connectivity index (χ1) is 10.3. The van der Waals surface area contributed by atoms with E-state index in [0.717, 1.165) is 48.9 Å². The van der Waals surface area contributed by atoms with Crippen LogP contribution < -0.4 is 10.1 Å². The first kappa shape index (κ1) is 18.0. The maximum absolute atomic E-state index is 6.06. The second-order valence-corrected chi connectivity index (χ2v) is 5.34. The number of allylic oxidation sites excluding steroid dienone is 1. The van der Waals surface area contributed by atoms with Gasteiger partial charge in [0.25, 0.3) is 0 Å². The molecule has 1 N–H and O–H groups in total. The molecule has 4 heteroatoms. The number of halogens is 1. The van der Waals surface area contributed by atoms with E-state index in [0.29, 0.717) is 6.61 Å². The fourth-order valence-corrected chi connectivity index (χ4v) is 2.17. The van der Waals surface area contributed by atoms with E-state index >= 15 is 0 Å². The second-order valence-electron chi connectivity index (χ2n) is 4.91. The first-order valence-electron chi connectivity index (χ1n) is 7.49. The molecule has 1 aromatic carbocycles. The van der Waals surface area contributed by atoms with Crippen LogP contribution in [0.4, 0.5) is 0 Å². The number of hydrogen-bond donors (Lipinski definition) is 1. The lowest BCUT2D eigenvalue weighted by Crippen LogP contribution is -2.19. The zero-order valence-electron chi connectivity index (χ0n) is 12.9. The lowest BCUT2D eigenvalue weighted by atomic mass is 10.2. The highest BCUT2D eigenvalue weighted by atomic mass is 35.5. The van der Waals surface area contributed by atoms with E-state index in [2.05, 4.69) is 11.9 Å². The molecule has 0 saturated heterocycles. The molecule has 0 fully saturated rings. The Balaban J connectivity index is 2.38. The molecule has 0 unspecified atom stereocenters. The fraction of sp³-hybridized carbons (Fsp3) is 0.529. The van der Waals surface area contributed by atoms with E-state index in [1.807, 2.05) is 24.3 Å². The summed E-state index contributed by atoms with van der Waals surface area (Å²) in [4.78, 5) is 0. The number of unbranched alkanes of at least 4 members (excludes halogenated alkanes) is 3. The number of nitrogens with one attached hydrogen (secondary N) is 1. The van der Waals surface area contributed by atoms with Crippen LogP contribution in [0.25, 0.3) is 0 Å². The Bertz CT molecular complexity index is 410. The zero-order chi connectivity index (χ0) is 15.3. The van der Waals surface area contributed by atoms with E-state index in [1.54, 1.807) is 7.11 Å². The van der Waals surface area contributed by atoms with E-state index in [-0.39, 0.29) is 0 Å². The summed E-state index contributed by atoms with van der Waals surface area (Å²) in [5.74, 6) is 0.910. The van der Waals surface area contributed by atoms with Gasteiger partial charge in [0.2, 0.25) is 0 Å². The molecule has 1 rings (SSSR count). The van der Waals surface area contributed by atoms with Gasteiger partial charge in [-0.25, -0.2) is 0 Å². The number of ether oxygens (including phenoxy) is 2. The molecular formula is C17H26ClNO2. The van der Waals surface area contributed by atoms with Crippen LogP contribution in [-0.2, 0) is 11.3 Å². The van der Waals surface area contributed by atoms with Gasteiger partial charge >= 0.3 is 0 Å². The Kier molecular flexibility index (Phi) is 9.96. The number of benzene rings is 1. The number of methoxy groups -OCH3 is 1. The molecule has 21 heavy (non-hydrogen) atoms. The molecular weight excluding hydrogens is 286 g/mol. The third kappa shape index (κ3) is 8.10. The molecule has 1 aromatic rings. The Morgan fingerprint density at radius 2 is 2.10 bits per heavy atom. The van der Waals surface area contributed by atoms with Gasteiger partial charge in [0, 0.05) is 30.8 Å². The average molecular weight is 312 g/mol. The summed E-state index contributed by atoms with van der Waals surface area (Å²) in [5.41, 5.74) is 1.09. The van der Waals surface area contributed by atoms with Crippen LogP contribution in [0.5, 0.6) is 5.75 Å². The highest BCUT2D eigenvalue weighted by Gasteiger charge is 2.04. The summed E-state index contributed by atoms with van der Waals surface area (Å²) in [5, 5.41) is 4.05. The topological polar surface area (TPSA) is 30.5 Å². The number of hydrogen-bond acceptors (Lipinski definition) is 3. The predicted octanol–water partition coefficient (Wildman–Crippen LogP) is 4.20. The Hall–Kier alpha value is -1.03. The summed E-state index contributed by atoms with van der Waals surface area (Å²) in [6.07, 6.45) is 6.45.